The number of nitrogens with one attached hydrogen (secondary N) is 1. The van der Waals surface area contributed by atoms with E-state index in [-0.39, 0.29) is 16.7 Å². The van der Waals surface area contributed by atoms with Gasteiger partial charge >= 0.3 is 5.69 Å². The summed E-state index contributed by atoms with van der Waals surface area (Å²) in [6, 6.07) is 2.16. The first-order valence-corrected chi connectivity index (χ1v) is 11.3. The summed E-state index contributed by atoms with van der Waals surface area (Å²) in [5, 5.41) is 0. The van der Waals surface area contributed by atoms with E-state index in [0.717, 1.165) is 59.0 Å². The second kappa shape index (κ2) is 9.34. The number of ether oxygens (including phenoxy) is 2. The number of piperidine rings is 1. The topological polar surface area (TPSA) is 79.8 Å². The van der Waals surface area contributed by atoms with E-state index in [2.05, 4.69) is 14.8 Å². The molecule has 0 bridgehead atoms. The SMILES string of the molecule is COC[C@@]12CC[C@@H](N3CCOCC3)C[C@H]1CCN(CCn1c(=O)cc(C)[nH]c1=O)C2. The van der Waals surface area contributed by atoms with Gasteiger partial charge in [-0.3, -0.25) is 14.3 Å². The lowest BCUT2D eigenvalue weighted by molar-refractivity contribution is -0.0859. The Kier molecular flexibility index (Phi) is 6.77. The van der Waals surface area contributed by atoms with E-state index >= 15 is 0 Å². The van der Waals surface area contributed by atoms with E-state index in [1.54, 1.807) is 6.92 Å². The third kappa shape index (κ3) is 4.56. The number of aryl methyl sites for hydroxylation is 1. The number of nitrogens with zero attached hydrogens (tertiary/aromatic N) is 3. The lowest BCUT2D eigenvalue weighted by Crippen LogP contribution is -2.57. The van der Waals surface area contributed by atoms with Gasteiger partial charge in [0.25, 0.3) is 5.56 Å². The summed E-state index contributed by atoms with van der Waals surface area (Å²) in [5.74, 6) is 0.667. The van der Waals surface area contributed by atoms with Crippen molar-refractivity contribution in [1.82, 2.24) is 19.4 Å². The van der Waals surface area contributed by atoms with Crippen LogP contribution in [0.1, 0.15) is 31.4 Å². The van der Waals surface area contributed by atoms with Crippen LogP contribution in [0, 0.1) is 18.3 Å². The monoisotopic (exact) mass is 420 g/mol. The van der Waals surface area contributed by atoms with Gasteiger partial charge < -0.3 is 19.4 Å². The van der Waals surface area contributed by atoms with Crippen LogP contribution in [-0.2, 0) is 16.0 Å². The first-order chi connectivity index (χ1) is 14.5. The molecule has 3 aliphatic rings. The highest BCUT2D eigenvalue weighted by Crippen LogP contribution is 2.47. The number of fused-ring (bicyclic) bond motifs is 1. The summed E-state index contributed by atoms with van der Waals surface area (Å²) >= 11 is 0. The van der Waals surface area contributed by atoms with Crippen molar-refractivity contribution in [2.45, 2.75) is 45.2 Å². The first-order valence-electron chi connectivity index (χ1n) is 11.3. The van der Waals surface area contributed by atoms with Gasteiger partial charge in [-0.25, -0.2) is 4.79 Å². The second-order valence-corrected chi connectivity index (χ2v) is 9.38. The molecule has 30 heavy (non-hydrogen) atoms. The molecule has 168 valence electrons. The van der Waals surface area contributed by atoms with Crippen molar-refractivity contribution in [2.75, 3.05) is 59.7 Å². The molecule has 8 nitrogen and oxygen atoms in total. The summed E-state index contributed by atoms with van der Waals surface area (Å²) < 4.78 is 12.6. The molecule has 3 heterocycles. The van der Waals surface area contributed by atoms with Crippen LogP contribution in [0.5, 0.6) is 0 Å². The molecule has 1 N–H and O–H groups in total. The van der Waals surface area contributed by atoms with Gasteiger partial charge in [-0.15, -0.1) is 0 Å². The average Bonchev–Trinajstić information content (AvgIpc) is 2.73. The predicted molar refractivity (Wildman–Crippen MR) is 115 cm³/mol. The highest BCUT2D eigenvalue weighted by Gasteiger charge is 2.47. The smallest absolute Gasteiger partial charge is 0.328 e. The maximum Gasteiger partial charge on any atom is 0.328 e. The fourth-order valence-corrected chi connectivity index (χ4v) is 5.93. The van der Waals surface area contributed by atoms with Crippen LogP contribution >= 0.6 is 0 Å². The number of methoxy groups -OCH3 is 1. The molecule has 0 radical (unpaired) electrons. The van der Waals surface area contributed by atoms with Gasteiger partial charge in [0.15, 0.2) is 0 Å². The molecule has 3 atom stereocenters. The zero-order valence-corrected chi connectivity index (χ0v) is 18.4. The molecule has 3 fully saturated rings. The fourth-order valence-electron chi connectivity index (χ4n) is 5.93. The van der Waals surface area contributed by atoms with Crippen molar-refractivity contribution in [3.05, 3.63) is 32.6 Å². The lowest BCUT2D eigenvalue weighted by atomic mass is 9.62. The minimum Gasteiger partial charge on any atom is -0.384 e. The van der Waals surface area contributed by atoms with Gasteiger partial charge in [0.2, 0.25) is 0 Å². The number of likely N-dealkylation sites (tertiary alicyclic amines) is 1. The largest absolute Gasteiger partial charge is 0.384 e. The van der Waals surface area contributed by atoms with Gasteiger partial charge in [-0.2, -0.15) is 0 Å². The Labute approximate surface area is 178 Å². The van der Waals surface area contributed by atoms with Gasteiger partial charge in [0, 0.05) is 63.1 Å². The molecule has 2 saturated heterocycles. The van der Waals surface area contributed by atoms with Gasteiger partial charge in [0.1, 0.15) is 0 Å². The fraction of sp³-hybridized carbons (Fsp3) is 0.818. The molecular formula is C22H36N4O4. The average molecular weight is 421 g/mol. The van der Waals surface area contributed by atoms with Crippen molar-refractivity contribution in [3.8, 4) is 0 Å². The number of aromatic nitrogens is 2. The Morgan fingerprint density at radius 3 is 2.73 bits per heavy atom. The molecule has 0 spiro atoms. The van der Waals surface area contributed by atoms with E-state index in [4.69, 9.17) is 9.47 Å². The number of rotatable bonds is 6. The van der Waals surface area contributed by atoms with Crippen molar-refractivity contribution in [3.63, 3.8) is 0 Å². The van der Waals surface area contributed by atoms with Gasteiger partial charge in [0.05, 0.1) is 19.8 Å². The van der Waals surface area contributed by atoms with Crippen LogP contribution in [0.25, 0.3) is 0 Å². The van der Waals surface area contributed by atoms with E-state index in [0.29, 0.717) is 24.2 Å². The standard InChI is InChI=1S/C22H36N4O4/c1-17-13-20(27)26(21(28)23-17)8-7-24-6-4-18-14-19(25-9-11-30-12-10-25)3-5-22(18,15-24)16-29-2/h13,18-19H,3-12,14-16H2,1-2H3,(H,23,28)/t18-,19-,22+/m1/s1. The molecule has 4 rings (SSSR count). The Bertz CT molecular complexity index is 800. The summed E-state index contributed by atoms with van der Waals surface area (Å²) in [4.78, 5) is 32.2. The van der Waals surface area contributed by atoms with Gasteiger partial charge in [-0.1, -0.05) is 0 Å². The Balaban J connectivity index is 1.40. The molecule has 1 aromatic rings. The number of H-pyrrole nitrogens is 1. The van der Waals surface area contributed by atoms with Crippen LogP contribution in [-0.4, -0.2) is 85.0 Å². The first kappa shape index (κ1) is 21.7. The Hall–Kier alpha value is -1.48. The van der Waals surface area contributed by atoms with Crippen LogP contribution in [0.2, 0.25) is 0 Å². The number of hydrogen-bond donors (Lipinski definition) is 1. The third-order valence-electron chi connectivity index (χ3n) is 7.52. The molecule has 1 aromatic heterocycles. The second-order valence-electron chi connectivity index (χ2n) is 9.38. The summed E-state index contributed by atoms with van der Waals surface area (Å²) in [6.07, 6.45) is 4.79. The lowest BCUT2D eigenvalue weighted by Gasteiger charge is -2.54. The normalized spacial score (nSPS) is 30.9. The maximum absolute atomic E-state index is 12.2. The molecule has 0 unspecified atom stereocenters. The molecule has 2 aliphatic heterocycles. The van der Waals surface area contributed by atoms with Crippen molar-refractivity contribution < 1.29 is 9.47 Å². The highest BCUT2D eigenvalue weighted by atomic mass is 16.5. The molecular weight excluding hydrogens is 384 g/mol. The molecule has 8 heteroatoms. The van der Waals surface area contributed by atoms with Crippen LogP contribution in [0.15, 0.2) is 15.7 Å². The van der Waals surface area contributed by atoms with Crippen molar-refractivity contribution in [2.24, 2.45) is 11.3 Å². The number of aromatic amines is 1. The number of hydrogen-bond acceptors (Lipinski definition) is 6. The van der Waals surface area contributed by atoms with Crippen LogP contribution < -0.4 is 11.2 Å². The minimum atomic E-state index is -0.312. The predicted octanol–water partition coefficient (Wildman–Crippen LogP) is 0.684. The quantitative estimate of drug-likeness (QED) is 0.729. The van der Waals surface area contributed by atoms with E-state index < -0.39 is 0 Å². The molecule has 1 aliphatic carbocycles. The molecule has 1 saturated carbocycles. The summed E-state index contributed by atoms with van der Waals surface area (Å²) in [7, 11) is 1.81. The van der Waals surface area contributed by atoms with Crippen LogP contribution in [0.4, 0.5) is 0 Å². The van der Waals surface area contributed by atoms with Crippen LogP contribution in [0.3, 0.4) is 0 Å². The Morgan fingerprint density at radius 2 is 2.00 bits per heavy atom. The Morgan fingerprint density at radius 1 is 1.20 bits per heavy atom. The number of morpholine rings is 1. The molecule has 0 amide bonds. The van der Waals surface area contributed by atoms with E-state index in [9.17, 15) is 9.59 Å². The zero-order chi connectivity index (χ0) is 21.1. The van der Waals surface area contributed by atoms with E-state index in [1.807, 2.05) is 7.11 Å². The van der Waals surface area contributed by atoms with Gasteiger partial charge in [-0.05, 0) is 45.1 Å². The highest BCUT2D eigenvalue weighted by molar-refractivity contribution is 5.00. The van der Waals surface area contributed by atoms with E-state index in [1.165, 1.54) is 29.9 Å². The minimum absolute atomic E-state index is 0.181. The summed E-state index contributed by atoms with van der Waals surface area (Å²) in [5.41, 5.74) is 0.259. The third-order valence-corrected chi connectivity index (χ3v) is 7.52. The maximum atomic E-state index is 12.2. The zero-order valence-electron chi connectivity index (χ0n) is 18.4. The molecule has 0 aromatic carbocycles. The summed E-state index contributed by atoms with van der Waals surface area (Å²) in [6.45, 7) is 9.50. The van der Waals surface area contributed by atoms with Crippen molar-refractivity contribution >= 4 is 0 Å². The van der Waals surface area contributed by atoms with Crippen molar-refractivity contribution in [1.29, 1.82) is 0 Å².